The summed E-state index contributed by atoms with van der Waals surface area (Å²) in [7, 11) is 0. The molecule has 0 radical (unpaired) electrons. The fourth-order valence-corrected chi connectivity index (χ4v) is 1.51. The van der Waals surface area contributed by atoms with Crippen LogP contribution in [-0.2, 0) is 9.59 Å². The van der Waals surface area contributed by atoms with Gasteiger partial charge in [0.05, 0.1) is 0 Å². The number of benzene rings is 1. The maximum atomic E-state index is 11.6. The number of carboxylic acid groups (broad SMARTS) is 1. The van der Waals surface area contributed by atoms with Crippen molar-refractivity contribution in [1.29, 1.82) is 0 Å². The molecule has 0 atom stereocenters. The summed E-state index contributed by atoms with van der Waals surface area (Å²) in [5, 5.41) is 20.4. The average molecular weight is 275 g/mol. The van der Waals surface area contributed by atoms with E-state index in [1.54, 1.807) is 0 Å². The third kappa shape index (κ3) is 3.02. The van der Waals surface area contributed by atoms with Crippen LogP contribution < -0.4 is 10.9 Å². The van der Waals surface area contributed by atoms with Crippen molar-refractivity contribution >= 4 is 28.5 Å². The average Bonchev–Trinajstić information content (AvgIpc) is 2.37. The van der Waals surface area contributed by atoms with Crippen LogP contribution in [0.2, 0.25) is 0 Å². The topological polar surface area (TPSA) is 117 Å². The van der Waals surface area contributed by atoms with Gasteiger partial charge in [0, 0.05) is 23.6 Å². The van der Waals surface area contributed by atoms with E-state index >= 15 is 0 Å². The van der Waals surface area contributed by atoms with Crippen molar-refractivity contribution in [2.75, 3.05) is 5.32 Å². The van der Waals surface area contributed by atoms with Gasteiger partial charge in [0.15, 0.2) is 0 Å². The number of hydrogen-bond acceptors (Lipinski definition) is 5. The second kappa shape index (κ2) is 5.27. The largest absolute Gasteiger partial charge is 0.508 e. The Bertz CT molecular complexity index is 774. The molecule has 20 heavy (non-hydrogen) atoms. The molecule has 1 aromatic heterocycles. The number of phenolic OH excluding ortho intramolecular Hbond substituents is 1. The van der Waals surface area contributed by atoms with Crippen molar-refractivity contribution in [1.82, 2.24) is 0 Å². The van der Waals surface area contributed by atoms with Crippen molar-refractivity contribution in [3.63, 3.8) is 0 Å². The van der Waals surface area contributed by atoms with Gasteiger partial charge in [-0.25, -0.2) is 9.59 Å². The minimum absolute atomic E-state index is 0.0539. The van der Waals surface area contributed by atoms with Gasteiger partial charge >= 0.3 is 11.6 Å². The number of rotatable bonds is 3. The Labute approximate surface area is 111 Å². The summed E-state index contributed by atoms with van der Waals surface area (Å²) >= 11 is 0. The van der Waals surface area contributed by atoms with E-state index in [2.05, 4.69) is 5.32 Å². The zero-order valence-electron chi connectivity index (χ0n) is 9.99. The minimum atomic E-state index is -1.28. The summed E-state index contributed by atoms with van der Waals surface area (Å²) in [5.74, 6) is -2.10. The van der Waals surface area contributed by atoms with Gasteiger partial charge < -0.3 is 19.9 Å². The first-order valence-corrected chi connectivity index (χ1v) is 5.44. The van der Waals surface area contributed by atoms with Crippen LogP contribution in [0.5, 0.6) is 5.75 Å². The standard InChI is InChI=1S/C13H9NO6/c15-8-2-1-7-5-9(13(19)20-10(7)6-8)14-11(16)3-4-12(17)18/h1-6,15H,(H,14,16)(H,17,18)/b4-3+. The fraction of sp³-hybridized carbons (Fsp3) is 0. The van der Waals surface area contributed by atoms with E-state index in [4.69, 9.17) is 9.52 Å². The number of fused-ring (bicyclic) bond motifs is 1. The van der Waals surface area contributed by atoms with Gasteiger partial charge in [-0.2, -0.15) is 0 Å². The summed E-state index contributed by atoms with van der Waals surface area (Å²) in [4.78, 5) is 33.3. The van der Waals surface area contributed by atoms with Gasteiger partial charge in [0.1, 0.15) is 17.0 Å². The van der Waals surface area contributed by atoms with Crippen molar-refractivity contribution in [2.45, 2.75) is 0 Å². The van der Waals surface area contributed by atoms with Gasteiger partial charge in [0.2, 0.25) is 5.91 Å². The number of aromatic hydroxyl groups is 1. The molecule has 0 fully saturated rings. The maximum Gasteiger partial charge on any atom is 0.360 e. The van der Waals surface area contributed by atoms with Crippen LogP contribution in [0.25, 0.3) is 11.0 Å². The Balaban J connectivity index is 2.33. The molecule has 102 valence electrons. The Morgan fingerprint density at radius 3 is 2.65 bits per heavy atom. The van der Waals surface area contributed by atoms with Crippen LogP contribution in [-0.4, -0.2) is 22.1 Å². The Morgan fingerprint density at radius 1 is 1.20 bits per heavy atom. The normalized spacial score (nSPS) is 10.8. The highest BCUT2D eigenvalue weighted by Gasteiger charge is 2.08. The smallest absolute Gasteiger partial charge is 0.360 e. The van der Waals surface area contributed by atoms with E-state index in [1.807, 2.05) is 0 Å². The zero-order chi connectivity index (χ0) is 14.7. The molecule has 0 spiro atoms. The second-order valence-corrected chi connectivity index (χ2v) is 3.83. The summed E-state index contributed by atoms with van der Waals surface area (Å²) in [6, 6.07) is 5.55. The fourth-order valence-electron chi connectivity index (χ4n) is 1.51. The molecule has 0 aliphatic rings. The molecule has 3 N–H and O–H groups in total. The van der Waals surface area contributed by atoms with Crippen molar-refractivity contribution in [3.8, 4) is 5.75 Å². The monoisotopic (exact) mass is 275 g/mol. The van der Waals surface area contributed by atoms with Crippen LogP contribution in [0.1, 0.15) is 0 Å². The third-order valence-electron chi connectivity index (χ3n) is 2.35. The molecule has 2 rings (SSSR count). The molecule has 0 saturated carbocycles. The van der Waals surface area contributed by atoms with Gasteiger partial charge in [0.25, 0.3) is 0 Å². The van der Waals surface area contributed by atoms with E-state index in [1.165, 1.54) is 24.3 Å². The minimum Gasteiger partial charge on any atom is -0.508 e. The number of aliphatic carboxylic acids is 1. The highest BCUT2D eigenvalue weighted by molar-refractivity contribution is 6.02. The Hall–Kier alpha value is -3.09. The first-order chi connectivity index (χ1) is 9.45. The molecule has 7 nitrogen and oxygen atoms in total. The van der Waals surface area contributed by atoms with Gasteiger partial charge in [-0.3, -0.25) is 4.79 Å². The van der Waals surface area contributed by atoms with Crippen LogP contribution in [0.4, 0.5) is 5.69 Å². The molecule has 0 aliphatic heterocycles. The quantitative estimate of drug-likeness (QED) is 0.570. The van der Waals surface area contributed by atoms with E-state index < -0.39 is 17.5 Å². The first kappa shape index (κ1) is 13.3. The van der Waals surface area contributed by atoms with Gasteiger partial charge in [-0.05, 0) is 18.2 Å². The number of phenols is 1. The van der Waals surface area contributed by atoms with Crippen molar-refractivity contribution < 1.29 is 24.2 Å². The van der Waals surface area contributed by atoms with E-state index in [0.717, 1.165) is 6.08 Å². The lowest BCUT2D eigenvalue weighted by Gasteiger charge is -2.02. The molecule has 0 aliphatic carbocycles. The molecular formula is C13H9NO6. The summed E-state index contributed by atoms with van der Waals surface area (Å²) < 4.78 is 4.93. The summed E-state index contributed by atoms with van der Waals surface area (Å²) in [6.45, 7) is 0. The third-order valence-corrected chi connectivity index (χ3v) is 2.35. The highest BCUT2D eigenvalue weighted by Crippen LogP contribution is 2.20. The molecular weight excluding hydrogens is 266 g/mol. The van der Waals surface area contributed by atoms with E-state index in [0.29, 0.717) is 11.5 Å². The van der Waals surface area contributed by atoms with Crippen LogP contribution >= 0.6 is 0 Å². The molecule has 0 bridgehead atoms. The Kier molecular flexibility index (Phi) is 3.52. The lowest BCUT2D eigenvalue weighted by atomic mass is 10.2. The number of nitrogens with one attached hydrogen (secondary N) is 1. The number of anilines is 1. The number of carbonyl (C=O) groups excluding carboxylic acids is 1. The molecule has 0 unspecified atom stereocenters. The number of carbonyl (C=O) groups is 2. The molecule has 0 saturated heterocycles. The molecule has 7 heteroatoms. The lowest BCUT2D eigenvalue weighted by Crippen LogP contribution is -2.15. The number of amides is 1. The van der Waals surface area contributed by atoms with Gasteiger partial charge in [-0.15, -0.1) is 0 Å². The lowest BCUT2D eigenvalue weighted by molar-refractivity contribution is -0.131. The summed E-state index contributed by atoms with van der Waals surface area (Å²) in [6.07, 6.45) is 1.43. The highest BCUT2D eigenvalue weighted by atomic mass is 16.4. The molecule has 2 aromatic rings. The maximum absolute atomic E-state index is 11.6. The number of carboxylic acids is 1. The van der Waals surface area contributed by atoms with E-state index in [-0.39, 0.29) is 17.0 Å². The first-order valence-electron chi connectivity index (χ1n) is 5.44. The zero-order valence-corrected chi connectivity index (χ0v) is 9.99. The predicted octanol–water partition coefficient (Wildman–Crippen LogP) is 1.08. The summed E-state index contributed by atoms with van der Waals surface area (Å²) in [5.41, 5.74) is -0.752. The SMILES string of the molecule is O=C(O)/C=C/C(=O)Nc1cc2ccc(O)cc2oc1=O. The van der Waals surface area contributed by atoms with Crippen molar-refractivity contribution in [2.24, 2.45) is 0 Å². The molecule has 1 amide bonds. The molecule has 1 aromatic carbocycles. The number of hydrogen-bond donors (Lipinski definition) is 3. The van der Waals surface area contributed by atoms with Gasteiger partial charge in [-0.1, -0.05) is 0 Å². The van der Waals surface area contributed by atoms with Crippen LogP contribution in [0.3, 0.4) is 0 Å². The van der Waals surface area contributed by atoms with Crippen LogP contribution in [0.15, 0.2) is 45.6 Å². The second-order valence-electron chi connectivity index (χ2n) is 3.83. The van der Waals surface area contributed by atoms with Crippen LogP contribution in [0, 0.1) is 0 Å². The van der Waals surface area contributed by atoms with Crippen molar-refractivity contribution in [3.05, 3.63) is 46.8 Å². The molecule has 1 heterocycles. The predicted molar refractivity (Wildman–Crippen MR) is 69.6 cm³/mol. The Morgan fingerprint density at radius 2 is 1.95 bits per heavy atom. The van der Waals surface area contributed by atoms with E-state index in [9.17, 15) is 19.5 Å².